The molecule has 3 rings (SSSR count). The summed E-state index contributed by atoms with van der Waals surface area (Å²) in [6.07, 6.45) is 0. The first kappa shape index (κ1) is 11.3. The van der Waals surface area contributed by atoms with Crippen molar-refractivity contribution in [1.29, 1.82) is 0 Å². The van der Waals surface area contributed by atoms with E-state index >= 15 is 0 Å². The van der Waals surface area contributed by atoms with Gasteiger partial charge in [-0.1, -0.05) is 43.3 Å². The normalized spacial score (nSPS) is 20.2. The molecular formula is C14H13NO2S. The van der Waals surface area contributed by atoms with E-state index in [-0.39, 0.29) is 5.92 Å². The van der Waals surface area contributed by atoms with E-state index in [4.69, 9.17) is 0 Å². The fourth-order valence-corrected chi connectivity index (χ4v) is 3.82. The van der Waals surface area contributed by atoms with Crippen molar-refractivity contribution in [2.24, 2.45) is 0 Å². The zero-order valence-electron chi connectivity index (χ0n) is 9.92. The quantitative estimate of drug-likeness (QED) is 0.790. The van der Waals surface area contributed by atoms with Crippen molar-refractivity contribution < 1.29 is 8.42 Å². The van der Waals surface area contributed by atoms with Crippen molar-refractivity contribution >= 4 is 15.7 Å². The third-order valence-electron chi connectivity index (χ3n) is 3.35. The SMILES string of the molecule is CC1c2ccccc2NS(=O)(=O)c2ccccc21. The summed E-state index contributed by atoms with van der Waals surface area (Å²) in [7, 11) is -3.47. The van der Waals surface area contributed by atoms with Crippen molar-refractivity contribution in [3.05, 3.63) is 59.7 Å². The summed E-state index contributed by atoms with van der Waals surface area (Å²) >= 11 is 0. The summed E-state index contributed by atoms with van der Waals surface area (Å²) in [4.78, 5) is 0.369. The molecule has 0 spiro atoms. The molecule has 1 aliphatic heterocycles. The molecule has 2 aromatic carbocycles. The van der Waals surface area contributed by atoms with Gasteiger partial charge in [-0.05, 0) is 23.3 Å². The van der Waals surface area contributed by atoms with Crippen molar-refractivity contribution in [3.8, 4) is 0 Å². The molecule has 18 heavy (non-hydrogen) atoms. The first-order valence-electron chi connectivity index (χ1n) is 5.80. The highest BCUT2D eigenvalue weighted by atomic mass is 32.2. The van der Waals surface area contributed by atoms with Crippen LogP contribution >= 0.6 is 0 Å². The van der Waals surface area contributed by atoms with Gasteiger partial charge in [0.1, 0.15) is 0 Å². The Balaban J connectivity index is 2.35. The fraction of sp³-hybridized carbons (Fsp3) is 0.143. The van der Waals surface area contributed by atoms with Gasteiger partial charge >= 0.3 is 0 Å². The highest BCUT2D eigenvalue weighted by Crippen LogP contribution is 2.37. The first-order valence-corrected chi connectivity index (χ1v) is 7.28. The van der Waals surface area contributed by atoms with Crippen molar-refractivity contribution in [2.75, 3.05) is 4.72 Å². The highest BCUT2D eigenvalue weighted by Gasteiger charge is 2.27. The monoisotopic (exact) mass is 259 g/mol. The van der Waals surface area contributed by atoms with Gasteiger partial charge in [0, 0.05) is 5.92 Å². The van der Waals surface area contributed by atoms with Gasteiger partial charge in [-0.3, -0.25) is 4.72 Å². The lowest BCUT2D eigenvalue weighted by Crippen LogP contribution is -2.12. The van der Waals surface area contributed by atoms with E-state index in [1.165, 1.54) is 0 Å². The molecule has 1 atom stereocenters. The van der Waals surface area contributed by atoms with Crippen molar-refractivity contribution in [3.63, 3.8) is 0 Å². The number of benzene rings is 2. The van der Waals surface area contributed by atoms with Gasteiger partial charge in [0.2, 0.25) is 0 Å². The van der Waals surface area contributed by atoms with Crippen molar-refractivity contribution in [2.45, 2.75) is 17.7 Å². The summed E-state index contributed by atoms with van der Waals surface area (Å²) in [5.74, 6) is 0.0576. The average molecular weight is 259 g/mol. The van der Waals surface area contributed by atoms with Gasteiger partial charge in [-0.2, -0.15) is 0 Å². The van der Waals surface area contributed by atoms with E-state index in [0.717, 1.165) is 11.1 Å². The Morgan fingerprint density at radius 2 is 1.56 bits per heavy atom. The fourth-order valence-electron chi connectivity index (χ4n) is 2.42. The summed E-state index contributed by atoms with van der Waals surface area (Å²) < 4.78 is 27.2. The predicted molar refractivity (Wildman–Crippen MR) is 71.2 cm³/mol. The second-order valence-corrected chi connectivity index (χ2v) is 6.10. The molecular weight excluding hydrogens is 246 g/mol. The van der Waals surface area contributed by atoms with Crippen LogP contribution in [0.2, 0.25) is 0 Å². The molecule has 1 unspecified atom stereocenters. The molecule has 0 aromatic heterocycles. The number of rotatable bonds is 0. The number of nitrogens with one attached hydrogen (secondary N) is 1. The largest absolute Gasteiger partial charge is 0.279 e. The van der Waals surface area contributed by atoms with Crippen LogP contribution in [0.3, 0.4) is 0 Å². The molecule has 0 aliphatic carbocycles. The van der Waals surface area contributed by atoms with Gasteiger partial charge in [-0.15, -0.1) is 0 Å². The van der Waals surface area contributed by atoms with E-state index in [1.807, 2.05) is 37.3 Å². The van der Waals surface area contributed by atoms with Crippen LogP contribution < -0.4 is 4.72 Å². The zero-order chi connectivity index (χ0) is 12.8. The summed E-state index contributed by atoms with van der Waals surface area (Å²) in [6.45, 7) is 2.03. The van der Waals surface area contributed by atoms with Gasteiger partial charge in [0.05, 0.1) is 10.6 Å². The van der Waals surface area contributed by atoms with Crippen LogP contribution in [-0.2, 0) is 10.0 Å². The lowest BCUT2D eigenvalue weighted by Gasteiger charge is -2.12. The number of hydrogen-bond acceptors (Lipinski definition) is 2. The number of fused-ring (bicyclic) bond motifs is 2. The Labute approximate surface area is 107 Å². The molecule has 0 amide bonds. The van der Waals surface area contributed by atoms with Gasteiger partial charge in [0.15, 0.2) is 0 Å². The minimum absolute atomic E-state index is 0.0576. The second kappa shape index (κ2) is 3.85. The van der Waals surface area contributed by atoms with Crippen LogP contribution in [0.25, 0.3) is 0 Å². The average Bonchev–Trinajstić information content (AvgIpc) is 2.45. The first-order chi connectivity index (χ1) is 8.59. The Morgan fingerprint density at radius 1 is 0.944 bits per heavy atom. The Hall–Kier alpha value is -1.81. The molecule has 0 saturated carbocycles. The van der Waals surface area contributed by atoms with Crippen LogP contribution in [0.5, 0.6) is 0 Å². The van der Waals surface area contributed by atoms with Crippen LogP contribution in [0, 0.1) is 0 Å². The smallest absolute Gasteiger partial charge is 0.262 e. The van der Waals surface area contributed by atoms with Gasteiger partial charge in [0.25, 0.3) is 10.0 Å². The summed E-state index contributed by atoms with van der Waals surface area (Å²) in [5, 5.41) is 0. The third-order valence-corrected chi connectivity index (χ3v) is 4.79. The van der Waals surface area contributed by atoms with Crippen LogP contribution in [0.15, 0.2) is 53.4 Å². The standard InChI is InChI=1S/C14H13NO2S/c1-10-11-6-2-4-8-13(11)15-18(16,17)14-9-5-3-7-12(10)14/h2-10,15H,1H3. The van der Waals surface area contributed by atoms with E-state index < -0.39 is 10.0 Å². The van der Waals surface area contributed by atoms with Crippen molar-refractivity contribution in [1.82, 2.24) is 0 Å². The number of anilines is 1. The Morgan fingerprint density at radius 3 is 2.33 bits per heavy atom. The van der Waals surface area contributed by atoms with E-state index in [9.17, 15) is 8.42 Å². The topological polar surface area (TPSA) is 46.2 Å². The number of hydrogen-bond donors (Lipinski definition) is 1. The minimum atomic E-state index is -3.47. The van der Waals surface area contributed by atoms with Crippen LogP contribution in [0.4, 0.5) is 5.69 Å². The Bertz CT molecular complexity index is 707. The maximum absolute atomic E-state index is 12.3. The maximum atomic E-state index is 12.3. The molecule has 1 heterocycles. The summed E-state index contributed by atoms with van der Waals surface area (Å²) in [6, 6.07) is 14.7. The van der Waals surface area contributed by atoms with Gasteiger partial charge < -0.3 is 0 Å². The number of para-hydroxylation sites is 1. The van der Waals surface area contributed by atoms with E-state index in [0.29, 0.717) is 10.6 Å². The predicted octanol–water partition coefficient (Wildman–Crippen LogP) is 2.95. The molecule has 0 radical (unpaired) electrons. The molecule has 1 aliphatic rings. The molecule has 0 bridgehead atoms. The molecule has 0 saturated heterocycles. The second-order valence-electron chi connectivity index (χ2n) is 4.45. The number of sulfonamides is 1. The lowest BCUT2D eigenvalue weighted by atomic mass is 9.92. The summed E-state index contributed by atoms with van der Waals surface area (Å²) in [5.41, 5.74) is 2.52. The van der Waals surface area contributed by atoms with Crippen LogP contribution in [0.1, 0.15) is 24.0 Å². The molecule has 4 heteroatoms. The molecule has 3 nitrogen and oxygen atoms in total. The highest BCUT2D eigenvalue weighted by molar-refractivity contribution is 7.92. The van der Waals surface area contributed by atoms with Crippen LogP contribution in [-0.4, -0.2) is 8.42 Å². The molecule has 0 fully saturated rings. The van der Waals surface area contributed by atoms with Gasteiger partial charge in [-0.25, -0.2) is 8.42 Å². The Kier molecular flexibility index (Phi) is 2.41. The van der Waals surface area contributed by atoms with E-state index in [1.54, 1.807) is 18.2 Å². The molecule has 1 N–H and O–H groups in total. The molecule has 2 aromatic rings. The minimum Gasteiger partial charge on any atom is -0.279 e. The maximum Gasteiger partial charge on any atom is 0.262 e. The zero-order valence-corrected chi connectivity index (χ0v) is 10.7. The third kappa shape index (κ3) is 1.61. The van der Waals surface area contributed by atoms with E-state index in [2.05, 4.69) is 4.72 Å². The molecule has 92 valence electrons. The lowest BCUT2D eigenvalue weighted by molar-refractivity contribution is 0.600.